The van der Waals surface area contributed by atoms with Crippen LogP contribution in [0.3, 0.4) is 0 Å². The molecule has 0 bridgehead atoms. The second kappa shape index (κ2) is 8.77. The van der Waals surface area contributed by atoms with Gasteiger partial charge < -0.3 is 15.1 Å². The second-order valence-electron chi connectivity index (χ2n) is 6.74. The number of ketones is 1. The summed E-state index contributed by atoms with van der Waals surface area (Å²) in [5.74, 6) is 0.0431. The van der Waals surface area contributed by atoms with Crippen LogP contribution in [0.2, 0.25) is 4.34 Å². The first kappa shape index (κ1) is 19.0. The minimum absolute atomic E-state index is 0.0177. The largest absolute Gasteiger partial charge is 0.321 e. The van der Waals surface area contributed by atoms with E-state index in [1.54, 1.807) is 40.5 Å². The molecule has 1 aliphatic rings. The van der Waals surface area contributed by atoms with E-state index in [1.165, 1.54) is 16.7 Å². The van der Waals surface area contributed by atoms with Crippen LogP contribution in [0.25, 0.3) is 0 Å². The fourth-order valence-corrected chi connectivity index (χ4v) is 4.38. The number of hydrogen-bond acceptors (Lipinski definition) is 3. The number of thiophene rings is 1. The second-order valence-corrected chi connectivity index (χ2v) is 8.54. The van der Waals surface area contributed by atoms with Crippen molar-refractivity contribution in [1.29, 1.82) is 0 Å². The topological polar surface area (TPSA) is 55.0 Å². The summed E-state index contributed by atoms with van der Waals surface area (Å²) in [4.78, 5) is 27.7. The van der Waals surface area contributed by atoms with Crippen molar-refractivity contribution in [3.05, 3.63) is 51.2 Å². The summed E-state index contributed by atoms with van der Waals surface area (Å²) in [6, 6.07) is 11.1. The van der Waals surface area contributed by atoms with Crippen LogP contribution in [0.1, 0.15) is 22.2 Å². The molecule has 26 heavy (non-hydrogen) atoms. The van der Waals surface area contributed by atoms with E-state index in [0.717, 1.165) is 42.7 Å². The fraction of sp³-hybridized carbons (Fsp3) is 0.368. The zero-order valence-electron chi connectivity index (χ0n) is 14.8. The molecule has 7 heteroatoms. The minimum atomic E-state index is 0.0177. The lowest BCUT2D eigenvalue weighted by molar-refractivity contribution is -1.01. The highest BCUT2D eigenvalue weighted by molar-refractivity contribution is 7.16. The molecule has 1 aromatic carbocycles. The number of carbonyl (C=O) groups excluding carboxylic acids is 2. The summed E-state index contributed by atoms with van der Waals surface area (Å²) in [5, 5.41) is 2.92. The molecule has 0 spiro atoms. The van der Waals surface area contributed by atoms with Crippen LogP contribution < -0.4 is 15.1 Å². The van der Waals surface area contributed by atoms with Gasteiger partial charge in [-0.15, -0.1) is 11.3 Å². The van der Waals surface area contributed by atoms with Gasteiger partial charge in [-0.05, 0) is 43.3 Å². The number of quaternary nitrogens is 2. The Labute approximate surface area is 162 Å². The van der Waals surface area contributed by atoms with E-state index < -0.39 is 0 Å². The predicted molar refractivity (Wildman–Crippen MR) is 104 cm³/mol. The highest BCUT2D eigenvalue weighted by Crippen LogP contribution is 2.20. The molecule has 1 amide bonds. The van der Waals surface area contributed by atoms with E-state index in [4.69, 9.17) is 11.6 Å². The molecule has 2 heterocycles. The number of halogens is 1. The van der Waals surface area contributed by atoms with E-state index in [0.29, 0.717) is 12.1 Å². The van der Waals surface area contributed by atoms with E-state index in [-0.39, 0.29) is 11.7 Å². The average molecular weight is 394 g/mol. The molecule has 0 radical (unpaired) electrons. The third-order valence-corrected chi connectivity index (χ3v) is 5.93. The molecular weight excluding hydrogens is 370 g/mol. The van der Waals surface area contributed by atoms with Crippen LogP contribution in [-0.2, 0) is 11.3 Å². The van der Waals surface area contributed by atoms with Crippen molar-refractivity contribution in [3.8, 4) is 0 Å². The first-order valence-corrected chi connectivity index (χ1v) is 10.0. The standard InChI is InChI=1S/C19H22ClN3O2S/c1-14(24)15-2-4-16(5-3-15)21-19(25)13-23-10-8-22(9-11-23)12-17-6-7-18(20)26-17/h2-7H,8-13H2,1H3,(H,21,25)/p+2. The van der Waals surface area contributed by atoms with Crippen molar-refractivity contribution < 1.29 is 19.4 Å². The number of Topliss-reactive ketones (excluding diaryl/α,β-unsaturated/α-hetero) is 1. The van der Waals surface area contributed by atoms with E-state index in [2.05, 4.69) is 11.4 Å². The Morgan fingerprint density at radius 2 is 1.69 bits per heavy atom. The Hall–Kier alpha value is -1.73. The molecule has 0 unspecified atom stereocenters. The lowest BCUT2D eigenvalue weighted by Gasteiger charge is -2.29. The molecule has 1 aromatic heterocycles. The Kier molecular flexibility index (Phi) is 6.43. The summed E-state index contributed by atoms with van der Waals surface area (Å²) < 4.78 is 0.844. The van der Waals surface area contributed by atoms with Crippen molar-refractivity contribution in [3.63, 3.8) is 0 Å². The minimum Gasteiger partial charge on any atom is -0.321 e. The van der Waals surface area contributed by atoms with Crippen LogP contribution in [0.5, 0.6) is 0 Å². The Morgan fingerprint density at radius 3 is 2.27 bits per heavy atom. The van der Waals surface area contributed by atoms with Crippen molar-refractivity contribution in [2.45, 2.75) is 13.5 Å². The molecule has 5 nitrogen and oxygen atoms in total. The first-order chi connectivity index (χ1) is 12.5. The van der Waals surface area contributed by atoms with Crippen LogP contribution >= 0.6 is 22.9 Å². The summed E-state index contributed by atoms with van der Waals surface area (Å²) >= 11 is 7.64. The van der Waals surface area contributed by atoms with E-state index in [1.807, 2.05) is 6.07 Å². The molecule has 2 aromatic rings. The van der Waals surface area contributed by atoms with Gasteiger partial charge >= 0.3 is 0 Å². The van der Waals surface area contributed by atoms with Crippen LogP contribution in [0.15, 0.2) is 36.4 Å². The summed E-state index contributed by atoms with van der Waals surface area (Å²) in [7, 11) is 0. The van der Waals surface area contributed by atoms with Gasteiger partial charge in [0.1, 0.15) is 32.7 Å². The zero-order chi connectivity index (χ0) is 18.5. The molecular formula is C19H24ClN3O2S+2. The molecule has 1 fully saturated rings. The van der Waals surface area contributed by atoms with Crippen LogP contribution in [0.4, 0.5) is 5.69 Å². The molecule has 0 saturated carbocycles. The van der Waals surface area contributed by atoms with Gasteiger partial charge in [0.15, 0.2) is 12.3 Å². The maximum Gasteiger partial charge on any atom is 0.279 e. The number of piperazine rings is 1. The van der Waals surface area contributed by atoms with Crippen molar-refractivity contribution >= 4 is 40.3 Å². The summed E-state index contributed by atoms with van der Waals surface area (Å²) in [6.45, 7) is 7.13. The van der Waals surface area contributed by atoms with E-state index >= 15 is 0 Å². The highest BCUT2D eigenvalue weighted by atomic mass is 35.5. The smallest absolute Gasteiger partial charge is 0.279 e. The van der Waals surface area contributed by atoms with Gasteiger partial charge in [0.05, 0.1) is 9.21 Å². The zero-order valence-corrected chi connectivity index (χ0v) is 16.4. The SMILES string of the molecule is CC(=O)c1ccc(NC(=O)C[NH+]2CC[NH+](Cc3ccc(Cl)s3)CC2)cc1. The number of carbonyl (C=O) groups is 2. The molecule has 3 rings (SSSR count). The monoisotopic (exact) mass is 393 g/mol. The van der Waals surface area contributed by atoms with Gasteiger partial charge in [0, 0.05) is 11.3 Å². The normalized spacial score (nSPS) is 19.9. The van der Waals surface area contributed by atoms with Crippen molar-refractivity contribution in [2.75, 3.05) is 38.0 Å². The number of nitrogens with one attached hydrogen (secondary N) is 3. The number of benzene rings is 1. The third kappa shape index (κ3) is 5.38. The number of hydrogen-bond donors (Lipinski definition) is 3. The molecule has 3 N–H and O–H groups in total. The van der Waals surface area contributed by atoms with Gasteiger partial charge in [-0.25, -0.2) is 0 Å². The number of amides is 1. The van der Waals surface area contributed by atoms with Gasteiger partial charge in [-0.3, -0.25) is 9.59 Å². The molecule has 0 atom stereocenters. The van der Waals surface area contributed by atoms with E-state index in [9.17, 15) is 9.59 Å². The molecule has 1 aliphatic heterocycles. The lowest BCUT2D eigenvalue weighted by atomic mass is 10.1. The summed E-state index contributed by atoms with van der Waals surface area (Å²) in [6.07, 6.45) is 0. The lowest BCUT2D eigenvalue weighted by Crippen LogP contribution is -3.28. The third-order valence-electron chi connectivity index (χ3n) is 4.70. The van der Waals surface area contributed by atoms with Gasteiger partial charge in [0.2, 0.25) is 0 Å². The maximum absolute atomic E-state index is 12.3. The van der Waals surface area contributed by atoms with Crippen LogP contribution in [-0.4, -0.2) is 44.4 Å². The first-order valence-electron chi connectivity index (χ1n) is 8.82. The van der Waals surface area contributed by atoms with Crippen molar-refractivity contribution in [2.24, 2.45) is 0 Å². The molecule has 138 valence electrons. The Balaban J connectivity index is 1.42. The maximum atomic E-state index is 12.3. The number of rotatable bonds is 6. The Morgan fingerprint density at radius 1 is 1.04 bits per heavy atom. The number of anilines is 1. The van der Waals surface area contributed by atoms with Crippen LogP contribution in [0, 0.1) is 0 Å². The molecule has 0 aliphatic carbocycles. The van der Waals surface area contributed by atoms with Gasteiger partial charge in [-0.2, -0.15) is 0 Å². The van der Waals surface area contributed by atoms with Crippen molar-refractivity contribution in [1.82, 2.24) is 0 Å². The predicted octanol–water partition coefficient (Wildman–Crippen LogP) is 0.526. The molecule has 1 saturated heterocycles. The fourth-order valence-electron chi connectivity index (χ4n) is 3.22. The summed E-state index contributed by atoms with van der Waals surface area (Å²) in [5.41, 5.74) is 1.39. The quantitative estimate of drug-likeness (QED) is 0.627. The highest BCUT2D eigenvalue weighted by Gasteiger charge is 2.25. The van der Waals surface area contributed by atoms with Gasteiger partial charge in [-0.1, -0.05) is 11.6 Å². The Bertz CT molecular complexity index is 767. The van der Waals surface area contributed by atoms with Gasteiger partial charge in [0.25, 0.3) is 5.91 Å². The average Bonchev–Trinajstić information content (AvgIpc) is 3.02.